The van der Waals surface area contributed by atoms with Crippen LogP contribution in [-0.2, 0) is 9.53 Å². The van der Waals surface area contributed by atoms with Gasteiger partial charge in [-0.1, -0.05) is 13.8 Å². The van der Waals surface area contributed by atoms with E-state index in [0.717, 1.165) is 38.5 Å². The zero-order chi connectivity index (χ0) is 12.0. The predicted molar refractivity (Wildman–Crippen MR) is 60.9 cm³/mol. The molecule has 0 unspecified atom stereocenters. The average molecular weight is 226 g/mol. The van der Waals surface area contributed by atoms with Crippen LogP contribution < -0.4 is 0 Å². The average Bonchev–Trinajstić information content (AvgIpc) is 3.03. The van der Waals surface area contributed by atoms with Gasteiger partial charge in [-0.15, -0.1) is 0 Å². The molecule has 0 aromatic rings. The van der Waals surface area contributed by atoms with E-state index in [1.165, 1.54) is 7.11 Å². The van der Waals surface area contributed by atoms with Crippen LogP contribution in [0.1, 0.15) is 52.4 Å². The molecule has 16 heavy (non-hydrogen) atoms. The molecule has 0 radical (unpaired) electrons. The smallest absolute Gasteiger partial charge is 0.314 e. The Morgan fingerprint density at radius 2 is 1.56 bits per heavy atom. The van der Waals surface area contributed by atoms with Crippen LogP contribution in [0.4, 0.5) is 0 Å². The molecular weight excluding hydrogens is 204 g/mol. The van der Waals surface area contributed by atoms with E-state index in [2.05, 4.69) is 13.8 Å². The van der Waals surface area contributed by atoms with Crippen LogP contribution in [-0.4, -0.2) is 23.8 Å². The summed E-state index contributed by atoms with van der Waals surface area (Å²) in [6.45, 7) is 4.45. The fourth-order valence-electron chi connectivity index (χ4n) is 3.00. The Kier molecular flexibility index (Phi) is 2.57. The summed E-state index contributed by atoms with van der Waals surface area (Å²) in [5.41, 5.74) is -1.08. The van der Waals surface area contributed by atoms with Gasteiger partial charge in [0.25, 0.3) is 0 Å². The molecule has 0 amide bonds. The van der Waals surface area contributed by atoms with Crippen LogP contribution in [0.2, 0.25) is 0 Å². The largest absolute Gasteiger partial charge is 0.469 e. The second kappa shape index (κ2) is 3.46. The third-order valence-electron chi connectivity index (χ3n) is 4.65. The highest BCUT2D eigenvalue weighted by atomic mass is 16.5. The van der Waals surface area contributed by atoms with Crippen molar-refractivity contribution < 1.29 is 14.6 Å². The molecule has 0 atom stereocenters. The van der Waals surface area contributed by atoms with Crippen molar-refractivity contribution in [1.82, 2.24) is 0 Å². The highest BCUT2D eigenvalue weighted by Gasteiger charge is 2.65. The second-order valence-corrected chi connectivity index (χ2v) is 6.27. The van der Waals surface area contributed by atoms with E-state index in [1.807, 2.05) is 0 Å². The van der Waals surface area contributed by atoms with Crippen LogP contribution in [0.5, 0.6) is 0 Å². The minimum Gasteiger partial charge on any atom is -0.469 e. The third kappa shape index (κ3) is 1.65. The summed E-state index contributed by atoms with van der Waals surface area (Å²) in [7, 11) is 1.42. The van der Waals surface area contributed by atoms with Crippen LogP contribution in [0.15, 0.2) is 0 Å². The molecule has 0 bridgehead atoms. The van der Waals surface area contributed by atoms with Crippen LogP contribution >= 0.6 is 0 Å². The minimum absolute atomic E-state index is 0.213. The lowest BCUT2D eigenvalue weighted by atomic mass is 9.65. The third-order valence-corrected chi connectivity index (χ3v) is 4.65. The molecule has 3 nitrogen and oxygen atoms in total. The molecule has 2 aliphatic rings. The van der Waals surface area contributed by atoms with Crippen LogP contribution in [0, 0.1) is 10.8 Å². The number of esters is 1. The number of rotatable bonds is 2. The summed E-state index contributed by atoms with van der Waals surface area (Å²) in [5, 5.41) is 10.7. The first kappa shape index (κ1) is 11.9. The molecular formula is C13H22O3. The molecule has 1 N–H and O–H groups in total. The van der Waals surface area contributed by atoms with E-state index < -0.39 is 11.0 Å². The van der Waals surface area contributed by atoms with Crippen molar-refractivity contribution in [1.29, 1.82) is 0 Å². The number of ether oxygens (including phenoxy) is 1. The van der Waals surface area contributed by atoms with Crippen molar-refractivity contribution in [2.45, 2.75) is 58.0 Å². The van der Waals surface area contributed by atoms with Crippen molar-refractivity contribution in [2.75, 3.05) is 7.11 Å². The Balaban J connectivity index is 2.13. The fraction of sp³-hybridized carbons (Fsp3) is 0.923. The monoisotopic (exact) mass is 226 g/mol. The number of carbonyl (C=O) groups excluding carboxylic acids is 1. The van der Waals surface area contributed by atoms with Gasteiger partial charge in [0.2, 0.25) is 0 Å². The van der Waals surface area contributed by atoms with Crippen molar-refractivity contribution in [3.05, 3.63) is 0 Å². The van der Waals surface area contributed by atoms with E-state index in [1.54, 1.807) is 0 Å². The lowest BCUT2D eigenvalue weighted by Gasteiger charge is -2.44. The van der Waals surface area contributed by atoms with Gasteiger partial charge in [-0.05, 0) is 43.9 Å². The molecule has 0 aromatic heterocycles. The van der Waals surface area contributed by atoms with Crippen LogP contribution in [0.25, 0.3) is 0 Å². The first-order valence-corrected chi connectivity index (χ1v) is 6.16. The van der Waals surface area contributed by atoms with Crippen molar-refractivity contribution in [3.8, 4) is 0 Å². The summed E-state index contributed by atoms with van der Waals surface area (Å²) in [4.78, 5) is 11.8. The maximum absolute atomic E-state index is 11.8. The topological polar surface area (TPSA) is 46.5 Å². The molecule has 3 heteroatoms. The zero-order valence-electron chi connectivity index (χ0n) is 10.5. The molecule has 2 saturated carbocycles. The molecule has 0 spiro atoms. The van der Waals surface area contributed by atoms with Gasteiger partial charge in [0.05, 0.1) is 18.1 Å². The van der Waals surface area contributed by atoms with Crippen molar-refractivity contribution >= 4 is 5.97 Å². The molecule has 2 fully saturated rings. The maximum Gasteiger partial charge on any atom is 0.314 e. The van der Waals surface area contributed by atoms with Gasteiger partial charge in [-0.3, -0.25) is 4.79 Å². The standard InChI is InChI=1S/C13H22O3/c1-11(2)4-8-13(15,9-5-11)12(6-7-12)10(14)16-3/h15H,4-9H2,1-3H3. The summed E-state index contributed by atoms with van der Waals surface area (Å²) < 4.78 is 4.85. The first-order chi connectivity index (χ1) is 7.35. The lowest BCUT2D eigenvalue weighted by Crippen LogP contribution is -2.48. The summed E-state index contributed by atoms with van der Waals surface area (Å²) in [5.74, 6) is -0.213. The van der Waals surface area contributed by atoms with E-state index >= 15 is 0 Å². The molecule has 0 heterocycles. The number of hydrogen-bond donors (Lipinski definition) is 1. The van der Waals surface area contributed by atoms with Crippen molar-refractivity contribution in [3.63, 3.8) is 0 Å². The second-order valence-electron chi connectivity index (χ2n) is 6.27. The van der Waals surface area contributed by atoms with Gasteiger partial charge < -0.3 is 9.84 Å². The molecule has 2 aliphatic carbocycles. The molecule has 2 rings (SSSR count). The highest BCUT2D eigenvalue weighted by molar-refractivity contribution is 5.81. The van der Waals surface area contributed by atoms with E-state index in [9.17, 15) is 9.90 Å². The number of aliphatic hydroxyl groups is 1. The van der Waals surface area contributed by atoms with Gasteiger partial charge in [-0.25, -0.2) is 0 Å². The Morgan fingerprint density at radius 3 is 1.94 bits per heavy atom. The Labute approximate surface area is 97.2 Å². The Morgan fingerprint density at radius 1 is 1.06 bits per heavy atom. The van der Waals surface area contributed by atoms with Crippen LogP contribution in [0.3, 0.4) is 0 Å². The molecule has 0 aliphatic heterocycles. The fourth-order valence-corrected chi connectivity index (χ4v) is 3.00. The van der Waals surface area contributed by atoms with Gasteiger partial charge >= 0.3 is 5.97 Å². The zero-order valence-corrected chi connectivity index (χ0v) is 10.5. The first-order valence-electron chi connectivity index (χ1n) is 6.16. The molecule has 0 aromatic carbocycles. The number of hydrogen-bond acceptors (Lipinski definition) is 3. The van der Waals surface area contributed by atoms with E-state index in [0.29, 0.717) is 5.41 Å². The SMILES string of the molecule is COC(=O)C1(C2(O)CCC(C)(C)CC2)CC1. The van der Waals surface area contributed by atoms with E-state index in [4.69, 9.17) is 4.74 Å². The Bertz CT molecular complexity index is 292. The van der Waals surface area contributed by atoms with Gasteiger partial charge in [0, 0.05) is 0 Å². The summed E-state index contributed by atoms with van der Waals surface area (Å²) in [6, 6.07) is 0. The quantitative estimate of drug-likeness (QED) is 0.735. The summed E-state index contributed by atoms with van der Waals surface area (Å²) >= 11 is 0. The minimum atomic E-state index is -0.810. The summed E-state index contributed by atoms with van der Waals surface area (Å²) in [6.07, 6.45) is 5.02. The number of carbonyl (C=O) groups is 1. The van der Waals surface area contributed by atoms with Crippen molar-refractivity contribution in [2.24, 2.45) is 10.8 Å². The highest BCUT2D eigenvalue weighted by Crippen LogP contribution is 2.61. The van der Waals surface area contributed by atoms with Gasteiger partial charge in [0.1, 0.15) is 0 Å². The van der Waals surface area contributed by atoms with Gasteiger partial charge in [0.15, 0.2) is 0 Å². The van der Waals surface area contributed by atoms with E-state index in [-0.39, 0.29) is 5.97 Å². The maximum atomic E-state index is 11.8. The van der Waals surface area contributed by atoms with Gasteiger partial charge in [-0.2, -0.15) is 0 Å². The lowest BCUT2D eigenvalue weighted by molar-refractivity contribution is -0.165. The molecule has 92 valence electrons. The normalized spacial score (nSPS) is 29.5. The number of methoxy groups -OCH3 is 1. The predicted octanol–water partition coefficient (Wildman–Crippen LogP) is 2.27. The Hall–Kier alpha value is -0.570. The molecule has 0 saturated heterocycles.